The van der Waals surface area contributed by atoms with E-state index in [9.17, 15) is 78.0 Å². The van der Waals surface area contributed by atoms with Crippen LogP contribution in [0.4, 0.5) is 0 Å². The molecule has 13 atom stereocenters. The van der Waals surface area contributed by atoms with Crippen molar-refractivity contribution in [1.29, 1.82) is 0 Å². The topological polar surface area (TPSA) is 569 Å². The molecule has 0 radical (unpaired) electrons. The van der Waals surface area contributed by atoms with E-state index in [0.717, 1.165) is 40.9 Å². The minimum Gasteiger partial charge on any atom is -0.427 e. The van der Waals surface area contributed by atoms with E-state index in [1.807, 2.05) is 0 Å². The molecule has 5 rings (SSSR count). The maximum absolute atomic E-state index is 14.8. The van der Waals surface area contributed by atoms with E-state index in [4.69, 9.17) is 48.6 Å². The molecule has 3 heterocycles. The van der Waals surface area contributed by atoms with Gasteiger partial charge in [0.1, 0.15) is 72.5 Å². The van der Waals surface area contributed by atoms with Crippen molar-refractivity contribution in [2.24, 2.45) is 39.4 Å². The number of aliphatic imine (C=N–C) groups is 1. The van der Waals surface area contributed by atoms with Gasteiger partial charge in [-0.05, 0) is 68.2 Å². The monoisotopic (exact) mass is 1400 g/mol. The lowest BCUT2D eigenvalue weighted by atomic mass is 9.99. The zero-order chi connectivity index (χ0) is 71.1. The summed E-state index contributed by atoms with van der Waals surface area (Å²) in [5.74, 6) is -11.2. The van der Waals surface area contributed by atoms with Crippen molar-refractivity contribution in [2.75, 3.05) is 44.4 Å². The van der Waals surface area contributed by atoms with E-state index < -0.39 is 182 Å². The summed E-state index contributed by atoms with van der Waals surface area (Å²) in [5, 5.41) is 57.3. The average Bonchev–Trinajstić information content (AvgIpc) is 1.81. The highest BCUT2D eigenvalue weighted by molar-refractivity contribution is 8.76. The molecule has 11 amide bonds. The first-order valence-corrected chi connectivity index (χ1v) is 34.3. The Balaban J connectivity index is 1.34. The van der Waals surface area contributed by atoms with Gasteiger partial charge >= 0.3 is 5.97 Å². The highest BCUT2D eigenvalue weighted by Crippen LogP contribution is 2.27. The number of unbranched alkanes of at least 4 members (excludes halogenated alkanes) is 5. The molecule has 34 nitrogen and oxygen atoms in total. The highest BCUT2D eigenvalue weighted by Gasteiger charge is 2.45. The second-order valence-corrected chi connectivity index (χ2v) is 26.0. The molecule has 3 saturated heterocycles. The van der Waals surface area contributed by atoms with Crippen LogP contribution in [0, 0.1) is 0 Å². The third-order valence-corrected chi connectivity index (χ3v) is 18.2. The lowest BCUT2D eigenvalue weighted by Gasteiger charge is -2.39. The summed E-state index contributed by atoms with van der Waals surface area (Å²) in [6.45, 7) is -0.877. The number of nitrogens with two attached hydrogens (primary N) is 6. The van der Waals surface area contributed by atoms with Crippen molar-refractivity contribution >= 4 is 98.5 Å². The first kappa shape index (κ1) is 79.5. The molecule has 0 unspecified atom stereocenters. The number of hydrogen-bond donors (Lipinski definition) is 17. The summed E-state index contributed by atoms with van der Waals surface area (Å²) < 4.78 is 16.5. The molecule has 36 heteroatoms. The number of carbonyl (C=O) groups is 12. The van der Waals surface area contributed by atoms with E-state index in [1.165, 1.54) is 17.0 Å². The van der Waals surface area contributed by atoms with Crippen LogP contribution < -0.4 is 76.4 Å². The van der Waals surface area contributed by atoms with Gasteiger partial charge in [0, 0.05) is 56.9 Å². The number of benzene rings is 2. The second kappa shape index (κ2) is 41.1. The lowest BCUT2D eigenvalue weighted by molar-refractivity contribution is -0.301. The number of hydrogen-bond acceptors (Lipinski definition) is 23. The van der Waals surface area contributed by atoms with Gasteiger partial charge < -0.3 is 111 Å². The largest absolute Gasteiger partial charge is 0.427 e. The van der Waals surface area contributed by atoms with E-state index in [-0.39, 0.29) is 87.9 Å². The Labute approximate surface area is 567 Å². The van der Waals surface area contributed by atoms with Crippen LogP contribution in [0.25, 0.3) is 0 Å². The fourth-order valence-corrected chi connectivity index (χ4v) is 12.8. The van der Waals surface area contributed by atoms with Crippen molar-refractivity contribution in [3.63, 3.8) is 0 Å². The molecule has 97 heavy (non-hydrogen) atoms. The van der Waals surface area contributed by atoms with Gasteiger partial charge in [0.25, 0.3) is 0 Å². The number of amides is 11. The number of aliphatic hydroxyl groups is 4. The molecule has 0 bridgehead atoms. The maximum atomic E-state index is 14.8. The number of esters is 1. The van der Waals surface area contributed by atoms with Crippen LogP contribution in [-0.4, -0.2) is 226 Å². The molecular weight excluding hydrogens is 1310 g/mol. The summed E-state index contributed by atoms with van der Waals surface area (Å²) >= 11 is 0. The smallest absolute Gasteiger partial charge is 0.311 e. The van der Waals surface area contributed by atoms with Crippen molar-refractivity contribution in [1.82, 2.24) is 42.1 Å². The number of rotatable bonds is 31. The Kier molecular flexibility index (Phi) is 33.7. The zero-order valence-electron chi connectivity index (χ0n) is 53.6. The van der Waals surface area contributed by atoms with Crippen LogP contribution in [0.1, 0.15) is 101 Å². The number of ether oxygens (including phenoxy) is 3. The van der Waals surface area contributed by atoms with Gasteiger partial charge in [0.05, 0.1) is 25.6 Å². The quantitative estimate of drug-likeness (QED) is 0.00835. The average molecular weight is 1400 g/mol. The number of nitrogens with one attached hydrogen (secondary N) is 7. The second-order valence-electron chi connectivity index (χ2n) is 23.5. The van der Waals surface area contributed by atoms with Crippen LogP contribution in [-0.2, 0) is 79.8 Å². The van der Waals surface area contributed by atoms with Crippen LogP contribution in [0.5, 0.6) is 5.75 Å². The number of likely N-dealkylation sites (tertiary alicyclic amines) is 1. The van der Waals surface area contributed by atoms with Gasteiger partial charge in [-0.25, -0.2) is 0 Å². The normalized spacial score (nSPS) is 24.9. The van der Waals surface area contributed by atoms with Gasteiger partial charge in [-0.1, -0.05) is 89.7 Å². The molecular formula is C61H91N15O19S2. The number of carbonyl (C=O) groups excluding carboxylic acids is 12. The predicted octanol–water partition coefficient (Wildman–Crippen LogP) is -5.66. The fraction of sp³-hybridized carbons (Fsp3) is 0.590. The van der Waals surface area contributed by atoms with Crippen LogP contribution >= 0.6 is 21.6 Å². The van der Waals surface area contributed by atoms with Gasteiger partial charge in [-0.3, -0.25) is 62.5 Å². The van der Waals surface area contributed by atoms with Crippen molar-refractivity contribution in [2.45, 2.75) is 182 Å². The number of primary amides is 3. The minimum absolute atomic E-state index is 0.0203. The Morgan fingerprint density at radius 2 is 1.27 bits per heavy atom. The molecule has 23 N–H and O–H groups in total. The SMILES string of the molecule is NC(=O)CC[C@@H]1NC(=O)[C@H](Cc2ccccc2)NC(=O)[C@H](Cc2ccc(OC(=O)CCCCCCCCO[C@@H]3O[C@H](CO)[C@H](O)[C@H](O)[C@H]3O)cc2)NC(=O)[C@@H](N)CSSC[C@@H](C(=O)N2CCC[C@H]2C(=O)N[C@@H](CCCN=C(N)N)C(=O)NCC(N)=O)NC(=O)[C@H](CC(N)=O)NC1=O. The summed E-state index contributed by atoms with van der Waals surface area (Å²) in [5.41, 5.74) is 34.6. The van der Waals surface area contributed by atoms with Gasteiger partial charge in [0.2, 0.25) is 65.0 Å². The molecule has 3 aliphatic heterocycles. The molecule has 2 aromatic carbocycles. The van der Waals surface area contributed by atoms with Crippen molar-refractivity contribution in [3.05, 3.63) is 65.7 Å². The van der Waals surface area contributed by atoms with E-state index >= 15 is 0 Å². The van der Waals surface area contributed by atoms with Crippen LogP contribution in [0.3, 0.4) is 0 Å². The Hall–Kier alpha value is -8.23. The summed E-state index contributed by atoms with van der Waals surface area (Å²) in [6.07, 6.45) is -4.21. The lowest BCUT2D eigenvalue weighted by Crippen LogP contribution is -2.61. The highest BCUT2D eigenvalue weighted by atomic mass is 33.1. The summed E-state index contributed by atoms with van der Waals surface area (Å²) in [7, 11) is 1.95. The standard InChI is InChI=1S/C61H91N15O19S2/c62-36-31-96-97-32-42(59(92)76-24-11-15-43(76)58(91)71-37(14-10-23-68-61(66)67)53(86)69-29-47(65)80)75-57(90)41(28-46(64)79)74-54(87)38(21-22-45(63)78)70-55(88)40(26-33-12-6-5-7-13-33)73-56(89)39(72-52(36)85)27-34-17-19-35(20-18-34)94-48(81)16-8-3-1-2-4-9-25-93-60-51(84)50(83)49(82)44(30-77)95-60/h5-7,12-13,17-20,36-44,49-51,60,77,82-84H,1-4,8-11,14-16,21-32,62H2,(H2,63,78)(H2,64,79)(H2,65,80)(H,69,86)(H,70,88)(H,71,91)(H,72,85)(H,73,89)(H,74,87)(H,75,90)(H4,66,67,68)/t36-,37-,38-,39-,40-,41-,42-,43-,44+,49-,50-,51+,60+/m0/s1. The van der Waals surface area contributed by atoms with Gasteiger partial charge in [0.15, 0.2) is 12.2 Å². The minimum atomic E-state index is -1.83. The van der Waals surface area contributed by atoms with Crippen LogP contribution in [0.2, 0.25) is 0 Å². The Morgan fingerprint density at radius 1 is 0.670 bits per heavy atom. The number of guanidine groups is 1. The number of nitrogens with zero attached hydrogens (tertiary/aromatic N) is 2. The molecule has 2 aromatic rings. The molecule has 0 spiro atoms. The van der Waals surface area contributed by atoms with Crippen molar-refractivity contribution in [3.8, 4) is 5.75 Å². The molecule has 0 aliphatic carbocycles. The Morgan fingerprint density at radius 3 is 1.91 bits per heavy atom. The fourth-order valence-electron chi connectivity index (χ4n) is 10.5. The molecule has 0 saturated carbocycles. The predicted molar refractivity (Wildman–Crippen MR) is 352 cm³/mol. The van der Waals surface area contributed by atoms with Crippen molar-refractivity contribution < 1.29 is 92.2 Å². The van der Waals surface area contributed by atoms with E-state index in [1.54, 1.807) is 42.5 Å². The first-order chi connectivity index (χ1) is 46.2. The Bertz CT molecular complexity index is 3030. The molecule has 0 aromatic heterocycles. The van der Waals surface area contributed by atoms with Gasteiger partial charge in [-0.15, -0.1) is 0 Å². The van der Waals surface area contributed by atoms with E-state index in [0.29, 0.717) is 30.4 Å². The van der Waals surface area contributed by atoms with E-state index in [2.05, 4.69) is 42.2 Å². The summed E-state index contributed by atoms with van der Waals surface area (Å²) in [6, 6.07) is 2.63. The maximum Gasteiger partial charge on any atom is 0.311 e. The van der Waals surface area contributed by atoms with Gasteiger partial charge in [-0.2, -0.15) is 0 Å². The molecule has 3 fully saturated rings. The third-order valence-electron chi connectivity index (χ3n) is 15.8. The third kappa shape index (κ3) is 27.3. The number of aliphatic hydroxyl groups excluding tert-OH is 4. The summed E-state index contributed by atoms with van der Waals surface area (Å²) in [4.78, 5) is 168. The zero-order valence-corrected chi connectivity index (χ0v) is 55.2. The first-order valence-electron chi connectivity index (χ1n) is 31.8. The van der Waals surface area contributed by atoms with Crippen LogP contribution in [0.15, 0.2) is 59.6 Å². The molecule has 3 aliphatic rings. The molecule has 536 valence electrons.